The molecule has 0 saturated heterocycles. The minimum atomic E-state index is -5.13. The van der Waals surface area contributed by atoms with Crippen LogP contribution in [0.4, 0.5) is 0 Å². The third-order valence-corrected chi connectivity index (χ3v) is 62.4. The van der Waals surface area contributed by atoms with Crippen LogP contribution in [0.5, 0.6) is 0 Å². The van der Waals surface area contributed by atoms with E-state index in [0.717, 1.165) is 11.5 Å². The molecule has 2 aliphatic rings. The number of hydrogen-bond acceptors (Lipinski definition) is 2. The minimum absolute atomic E-state index is 0.174. The van der Waals surface area contributed by atoms with Gasteiger partial charge in [0.15, 0.2) is 0 Å². The van der Waals surface area contributed by atoms with Gasteiger partial charge in [-0.05, 0) is 0 Å². The van der Waals surface area contributed by atoms with Crippen LogP contribution >= 0.6 is 17.0 Å². The fourth-order valence-corrected chi connectivity index (χ4v) is 38.6. The van der Waals surface area contributed by atoms with E-state index in [4.69, 9.17) is 25.9 Å². The molecular weight excluding hydrogens is 735 g/mol. The normalized spacial score (nSPS) is 18.7. The molecule has 239 valence electrons. The van der Waals surface area contributed by atoms with Crippen LogP contribution in [-0.2, 0) is 24.4 Å². The molecule has 2 unspecified atom stereocenters. The van der Waals surface area contributed by atoms with Crippen LogP contribution in [0.3, 0.4) is 0 Å². The molecule has 0 bridgehead atoms. The van der Waals surface area contributed by atoms with Crippen molar-refractivity contribution in [1.29, 1.82) is 0 Å². The molecule has 0 aromatic heterocycles. The molecular formula is C38H45Cl2O2Si3Zr. The summed E-state index contributed by atoms with van der Waals surface area (Å²) in [5.74, 6) is 0.133. The summed E-state index contributed by atoms with van der Waals surface area (Å²) in [5.41, 5.74) is 9.57. The average Bonchev–Trinajstić information content (AvgIpc) is 3.54. The Morgan fingerprint density at radius 2 is 0.913 bits per heavy atom. The van der Waals surface area contributed by atoms with E-state index in [1.165, 1.54) is 44.5 Å². The maximum absolute atomic E-state index is 8.67. The summed E-state index contributed by atoms with van der Waals surface area (Å²) in [5, 5.41) is 0. The van der Waals surface area contributed by atoms with Crippen molar-refractivity contribution in [2.75, 3.05) is 0 Å². The summed E-state index contributed by atoms with van der Waals surface area (Å²) in [6.07, 6.45) is 4.57. The molecule has 2 aliphatic carbocycles. The van der Waals surface area contributed by atoms with Gasteiger partial charge in [-0.15, -0.1) is 0 Å². The van der Waals surface area contributed by atoms with E-state index in [2.05, 4.69) is 162 Å². The van der Waals surface area contributed by atoms with Gasteiger partial charge in [-0.25, -0.2) is 0 Å². The monoisotopic (exact) mass is 777 g/mol. The first-order valence-corrected chi connectivity index (χ1v) is 39.5. The number of fused-ring (bicyclic) bond motifs is 2. The van der Waals surface area contributed by atoms with E-state index in [1.807, 2.05) is 0 Å². The zero-order chi connectivity index (χ0) is 33.1. The Morgan fingerprint density at radius 3 is 1.24 bits per heavy atom. The van der Waals surface area contributed by atoms with Crippen molar-refractivity contribution in [2.45, 2.75) is 59.6 Å². The predicted molar refractivity (Wildman–Crippen MR) is 205 cm³/mol. The molecule has 8 heteroatoms. The second kappa shape index (κ2) is 12.2. The van der Waals surface area contributed by atoms with E-state index in [0.29, 0.717) is 0 Å². The SMILES string of the molecule is C[SiH](C)[Zr]([Cl])([Cl])([CH]1C(O[Si](C)(C)C)=Cc2c(-c3ccccc3)cccc21)[CH]1C(O[Si](C)(C)C)=Cc2c(-c3ccccc3)cccc21. The summed E-state index contributed by atoms with van der Waals surface area (Å²) in [6, 6.07) is 34.6. The summed E-state index contributed by atoms with van der Waals surface area (Å²) in [6.45, 7) is 18.3. The molecule has 4 aromatic rings. The Morgan fingerprint density at radius 1 is 0.543 bits per heavy atom. The molecule has 0 radical (unpaired) electrons. The van der Waals surface area contributed by atoms with Crippen molar-refractivity contribution >= 4 is 51.7 Å². The second-order valence-electron chi connectivity index (χ2n) is 15.1. The number of benzene rings is 4. The van der Waals surface area contributed by atoms with Crippen LogP contribution in [0, 0.1) is 0 Å². The number of rotatable bonds is 9. The van der Waals surface area contributed by atoms with Crippen molar-refractivity contribution in [3.8, 4) is 22.3 Å². The van der Waals surface area contributed by atoms with Crippen LogP contribution in [-0.4, -0.2) is 22.6 Å². The molecule has 2 nitrogen and oxygen atoms in total. The molecule has 0 aliphatic heterocycles. The van der Waals surface area contributed by atoms with Gasteiger partial charge in [-0.1, -0.05) is 0 Å². The summed E-state index contributed by atoms with van der Waals surface area (Å²) in [7, 11) is 13.3. The molecule has 0 amide bonds. The zero-order valence-electron chi connectivity index (χ0n) is 28.2. The van der Waals surface area contributed by atoms with Gasteiger partial charge >= 0.3 is 289 Å². The van der Waals surface area contributed by atoms with Crippen LogP contribution < -0.4 is 0 Å². The van der Waals surface area contributed by atoms with Gasteiger partial charge in [0, 0.05) is 0 Å². The first-order valence-electron chi connectivity index (χ1n) is 16.3. The summed E-state index contributed by atoms with van der Waals surface area (Å²) >= 11 is -5.13. The van der Waals surface area contributed by atoms with Crippen molar-refractivity contribution in [2.24, 2.45) is 0 Å². The molecule has 0 N–H and O–H groups in total. The van der Waals surface area contributed by atoms with Gasteiger partial charge in [-0.3, -0.25) is 0 Å². The predicted octanol–water partition coefficient (Wildman–Crippen LogP) is 12.2. The number of halogens is 2. The first-order chi connectivity index (χ1) is 21.6. The van der Waals surface area contributed by atoms with Crippen LogP contribution in [0.25, 0.3) is 34.4 Å². The standard InChI is InChI=1S/2C18H19OSi.C2H7Si.2ClH.Zr/c2*1-20(2,3)19-16-12-15-10-7-11-17(18(15)13-16)14-8-5-4-6-9-14;1-3-2;;;/h2*4-13H,1-3H3;3H,1-2H3;2*1H;/q;;;;;+2/p-2. The van der Waals surface area contributed by atoms with E-state index in [1.54, 1.807) is 0 Å². The second-order valence-corrected chi connectivity index (χ2v) is 66.5. The topological polar surface area (TPSA) is 18.5 Å². The molecule has 46 heavy (non-hydrogen) atoms. The van der Waals surface area contributed by atoms with Gasteiger partial charge in [0.2, 0.25) is 0 Å². The van der Waals surface area contributed by atoms with Crippen LogP contribution in [0.2, 0.25) is 52.4 Å². The van der Waals surface area contributed by atoms with E-state index >= 15 is 0 Å². The van der Waals surface area contributed by atoms with Gasteiger partial charge < -0.3 is 0 Å². The Bertz CT molecular complexity index is 1710. The van der Waals surface area contributed by atoms with Gasteiger partial charge in [-0.2, -0.15) is 0 Å². The van der Waals surface area contributed by atoms with Gasteiger partial charge in [0.25, 0.3) is 0 Å². The summed E-state index contributed by atoms with van der Waals surface area (Å²) < 4.78 is 13.8. The third kappa shape index (κ3) is 6.08. The first kappa shape index (κ1) is 34.0. The molecule has 4 aromatic carbocycles. The van der Waals surface area contributed by atoms with E-state index in [9.17, 15) is 0 Å². The van der Waals surface area contributed by atoms with Crippen molar-refractivity contribution in [3.05, 3.63) is 131 Å². The fourth-order valence-electron chi connectivity index (χ4n) is 7.34. The molecule has 0 heterocycles. The Labute approximate surface area is 286 Å². The van der Waals surface area contributed by atoms with Crippen LogP contribution in [0.15, 0.2) is 109 Å². The quantitative estimate of drug-likeness (QED) is 0.158. The zero-order valence-corrected chi connectivity index (χ0v) is 35.3. The molecule has 2 atom stereocenters. The van der Waals surface area contributed by atoms with E-state index in [-0.39, 0.29) is 7.25 Å². The summed E-state index contributed by atoms with van der Waals surface area (Å²) in [4.78, 5) is 0. The Hall–Kier alpha value is -1.93. The van der Waals surface area contributed by atoms with Crippen molar-refractivity contribution in [3.63, 3.8) is 0 Å². The Balaban J connectivity index is 1.64. The number of allylic oxidation sites excluding steroid dienone is 2. The molecule has 6 rings (SSSR count). The van der Waals surface area contributed by atoms with Crippen molar-refractivity contribution < 1.29 is 24.4 Å². The molecule has 0 fully saturated rings. The van der Waals surface area contributed by atoms with Gasteiger partial charge in [0.05, 0.1) is 0 Å². The number of hydrogen-bond donors (Lipinski definition) is 0. The molecule has 0 spiro atoms. The molecule has 0 saturated carbocycles. The third-order valence-electron chi connectivity index (χ3n) is 9.27. The van der Waals surface area contributed by atoms with Crippen molar-refractivity contribution in [1.82, 2.24) is 0 Å². The Kier molecular flexibility index (Phi) is 9.00. The fraction of sp³-hybridized carbons (Fsp3) is 0.263. The average molecular weight is 780 g/mol. The van der Waals surface area contributed by atoms with E-state index < -0.39 is 38.1 Å². The van der Waals surface area contributed by atoms with Gasteiger partial charge in [0.1, 0.15) is 0 Å². The maximum atomic E-state index is 8.67. The van der Waals surface area contributed by atoms with Crippen LogP contribution in [0.1, 0.15) is 29.5 Å².